The molecule has 0 heterocycles. The van der Waals surface area contributed by atoms with Crippen LogP contribution in [0.4, 0.5) is 0 Å². The molecule has 0 spiro atoms. The van der Waals surface area contributed by atoms with E-state index in [1.54, 1.807) is 0 Å². The molecule has 0 aliphatic carbocycles. The first-order chi connectivity index (χ1) is 8.25. The molecule has 0 N–H and O–H groups in total. The van der Waals surface area contributed by atoms with E-state index in [0.717, 1.165) is 18.4 Å². The molecule has 0 unspecified atom stereocenters. The Balaban J connectivity index is 2.60. The fraction of sp³-hybridized carbons (Fsp3) is 0.312. The van der Waals surface area contributed by atoms with Gasteiger partial charge in [-0.1, -0.05) is 50.2 Å². The monoisotopic (exact) mass is 223 g/mol. The smallest absolute Gasteiger partial charge is 0.0817 e. The average Bonchev–Trinajstić information content (AvgIpc) is 2.41. The summed E-state index contributed by atoms with van der Waals surface area (Å²) in [5, 5.41) is 11.9. The zero-order valence-corrected chi connectivity index (χ0v) is 10.4. The van der Waals surface area contributed by atoms with Gasteiger partial charge in [0, 0.05) is 0 Å². The Hall–Kier alpha value is -1.81. The minimum absolute atomic E-state index is 0.329. The third kappa shape index (κ3) is 1.91. The van der Waals surface area contributed by atoms with Crippen molar-refractivity contribution in [2.75, 3.05) is 0 Å². The van der Waals surface area contributed by atoms with Crippen LogP contribution in [0.15, 0.2) is 42.5 Å². The second kappa shape index (κ2) is 4.59. The second-order valence-corrected chi connectivity index (χ2v) is 4.46. The van der Waals surface area contributed by atoms with Gasteiger partial charge in [0.15, 0.2) is 0 Å². The van der Waals surface area contributed by atoms with Gasteiger partial charge in [-0.2, -0.15) is 5.26 Å². The lowest BCUT2D eigenvalue weighted by atomic mass is 9.77. The highest BCUT2D eigenvalue weighted by molar-refractivity contribution is 5.83. The number of rotatable bonds is 3. The number of nitriles is 1. The summed E-state index contributed by atoms with van der Waals surface area (Å²) in [5.41, 5.74) is 0.813. The van der Waals surface area contributed by atoms with Crippen LogP contribution >= 0.6 is 0 Å². The van der Waals surface area contributed by atoms with Crippen LogP contribution in [-0.4, -0.2) is 0 Å². The Kier molecular flexibility index (Phi) is 3.15. The molecule has 0 aromatic heterocycles. The fourth-order valence-electron chi connectivity index (χ4n) is 2.37. The summed E-state index contributed by atoms with van der Waals surface area (Å²) in [6, 6.07) is 17.1. The molecule has 0 aliphatic heterocycles. The largest absolute Gasteiger partial charge is 0.197 e. The van der Waals surface area contributed by atoms with Gasteiger partial charge in [-0.05, 0) is 35.2 Å². The van der Waals surface area contributed by atoms with Crippen molar-refractivity contribution < 1.29 is 0 Å². The van der Waals surface area contributed by atoms with E-state index >= 15 is 0 Å². The Morgan fingerprint density at radius 2 is 1.65 bits per heavy atom. The molecule has 0 aliphatic rings. The van der Waals surface area contributed by atoms with Gasteiger partial charge in [-0.15, -0.1) is 0 Å². The lowest BCUT2D eigenvalue weighted by molar-refractivity contribution is 0.511. The zero-order valence-electron chi connectivity index (χ0n) is 10.4. The first kappa shape index (κ1) is 11.7. The standard InChI is InChI=1S/C16H17N/c1-3-16(4-2,12-17)15-10-9-13-7-5-6-8-14(13)11-15/h5-11H,3-4H2,1-2H3. The van der Waals surface area contributed by atoms with Crippen molar-refractivity contribution in [3.63, 3.8) is 0 Å². The summed E-state index contributed by atoms with van der Waals surface area (Å²) in [7, 11) is 0. The Bertz CT molecular complexity index is 559. The summed E-state index contributed by atoms with van der Waals surface area (Å²) in [4.78, 5) is 0. The van der Waals surface area contributed by atoms with Crippen molar-refractivity contribution in [2.24, 2.45) is 0 Å². The molecule has 86 valence electrons. The van der Waals surface area contributed by atoms with Crippen molar-refractivity contribution in [3.8, 4) is 6.07 Å². The van der Waals surface area contributed by atoms with Crippen LogP contribution in [0.5, 0.6) is 0 Å². The van der Waals surface area contributed by atoms with Crippen molar-refractivity contribution >= 4 is 10.8 Å². The van der Waals surface area contributed by atoms with E-state index in [9.17, 15) is 5.26 Å². The van der Waals surface area contributed by atoms with Crippen LogP contribution in [-0.2, 0) is 5.41 Å². The Morgan fingerprint density at radius 1 is 1.00 bits per heavy atom. The first-order valence-electron chi connectivity index (χ1n) is 6.16. The van der Waals surface area contributed by atoms with Gasteiger partial charge in [0.1, 0.15) is 0 Å². The molecule has 2 aromatic carbocycles. The predicted octanol–water partition coefficient (Wildman–Crippen LogP) is 4.42. The highest BCUT2D eigenvalue weighted by Gasteiger charge is 2.28. The topological polar surface area (TPSA) is 23.8 Å². The molecule has 0 radical (unpaired) electrons. The van der Waals surface area contributed by atoms with Crippen molar-refractivity contribution in [2.45, 2.75) is 32.1 Å². The van der Waals surface area contributed by atoms with Crippen molar-refractivity contribution in [3.05, 3.63) is 48.0 Å². The fourth-order valence-corrected chi connectivity index (χ4v) is 2.37. The highest BCUT2D eigenvalue weighted by Crippen LogP contribution is 2.32. The van der Waals surface area contributed by atoms with Crippen LogP contribution in [0.1, 0.15) is 32.3 Å². The maximum Gasteiger partial charge on any atom is 0.0817 e. The van der Waals surface area contributed by atoms with Gasteiger partial charge >= 0.3 is 0 Å². The molecule has 1 heteroatoms. The van der Waals surface area contributed by atoms with Gasteiger partial charge in [-0.25, -0.2) is 0 Å². The lowest BCUT2D eigenvalue weighted by Crippen LogP contribution is -2.21. The summed E-state index contributed by atoms with van der Waals surface area (Å²) >= 11 is 0. The summed E-state index contributed by atoms with van der Waals surface area (Å²) in [6.07, 6.45) is 1.72. The molecule has 0 saturated carbocycles. The Labute approximate surface area is 103 Å². The molecular weight excluding hydrogens is 206 g/mol. The van der Waals surface area contributed by atoms with E-state index in [2.05, 4.69) is 50.2 Å². The van der Waals surface area contributed by atoms with E-state index in [0.29, 0.717) is 0 Å². The molecule has 2 aromatic rings. The summed E-state index contributed by atoms with van der Waals surface area (Å²) < 4.78 is 0. The van der Waals surface area contributed by atoms with Crippen LogP contribution < -0.4 is 0 Å². The summed E-state index contributed by atoms with van der Waals surface area (Å²) in [6.45, 7) is 4.17. The summed E-state index contributed by atoms with van der Waals surface area (Å²) in [5.74, 6) is 0. The minimum Gasteiger partial charge on any atom is -0.197 e. The molecule has 0 amide bonds. The van der Waals surface area contributed by atoms with E-state index < -0.39 is 0 Å². The molecule has 0 saturated heterocycles. The maximum absolute atomic E-state index is 9.45. The van der Waals surface area contributed by atoms with E-state index in [-0.39, 0.29) is 5.41 Å². The van der Waals surface area contributed by atoms with Crippen molar-refractivity contribution in [1.82, 2.24) is 0 Å². The zero-order chi connectivity index (χ0) is 12.3. The minimum atomic E-state index is -0.329. The normalized spacial score (nSPS) is 11.4. The number of fused-ring (bicyclic) bond motifs is 1. The van der Waals surface area contributed by atoms with Crippen molar-refractivity contribution in [1.29, 1.82) is 5.26 Å². The maximum atomic E-state index is 9.45. The average molecular weight is 223 g/mol. The highest BCUT2D eigenvalue weighted by atomic mass is 14.4. The Morgan fingerprint density at radius 3 is 2.24 bits per heavy atom. The number of nitrogens with zero attached hydrogens (tertiary/aromatic N) is 1. The quantitative estimate of drug-likeness (QED) is 0.755. The lowest BCUT2D eigenvalue weighted by Gasteiger charge is -2.24. The third-order valence-corrected chi connectivity index (χ3v) is 3.72. The number of benzene rings is 2. The van der Waals surface area contributed by atoms with Crippen LogP contribution in [0.25, 0.3) is 10.8 Å². The third-order valence-electron chi connectivity index (χ3n) is 3.72. The SMILES string of the molecule is CCC(C#N)(CC)c1ccc2ccccc2c1. The number of hydrogen-bond acceptors (Lipinski definition) is 1. The van der Waals surface area contributed by atoms with Crippen LogP contribution in [0.3, 0.4) is 0 Å². The molecule has 1 nitrogen and oxygen atoms in total. The van der Waals surface area contributed by atoms with Crippen LogP contribution in [0, 0.1) is 11.3 Å². The van der Waals surface area contributed by atoms with Crippen LogP contribution in [0.2, 0.25) is 0 Å². The predicted molar refractivity (Wildman–Crippen MR) is 71.8 cm³/mol. The van der Waals surface area contributed by atoms with E-state index in [1.807, 2.05) is 12.1 Å². The second-order valence-electron chi connectivity index (χ2n) is 4.46. The molecule has 0 fully saturated rings. The van der Waals surface area contributed by atoms with Gasteiger partial charge in [0.25, 0.3) is 0 Å². The molecule has 2 rings (SSSR count). The van der Waals surface area contributed by atoms with Gasteiger partial charge in [-0.3, -0.25) is 0 Å². The van der Waals surface area contributed by atoms with E-state index in [1.165, 1.54) is 10.8 Å². The molecule has 17 heavy (non-hydrogen) atoms. The van der Waals surface area contributed by atoms with Gasteiger partial charge in [0.2, 0.25) is 0 Å². The first-order valence-corrected chi connectivity index (χ1v) is 6.16. The molecule has 0 atom stereocenters. The molecule has 0 bridgehead atoms. The number of hydrogen-bond donors (Lipinski definition) is 0. The van der Waals surface area contributed by atoms with E-state index in [4.69, 9.17) is 0 Å². The van der Waals surface area contributed by atoms with Gasteiger partial charge < -0.3 is 0 Å². The molecular formula is C16H17N. The van der Waals surface area contributed by atoms with Gasteiger partial charge in [0.05, 0.1) is 11.5 Å².